The van der Waals surface area contributed by atoms with Gasteiger partial charge < -0.3 is 10.2 Å². The Morgan fingerprint density at radius 1 is 0.955 bits per heavy atom. The number of benzene rings is 2. The molecule has 0 fully saturated rings. The average molecular weight is 300 g/mol. The number of fused-ring (bicyclic) bond motifs is 1. The van der Waals surface area contributed by atoms with Crippen LogP contribution in [0, 0.1) is 5.41 Å². The van der Waals surface area contributed by atoms with Gasteiger partial charge in [0.25, 0.3) is 0 Å². The first-order valence-electron chi connectivity index (χ1n) is 6.79. The highest BCUT2D eigenvalue weighted by atomic mass is 16.4. The molecule has 0 aliphatic rings. The summed E-state index contributed by atoms with van der Waals surface area (Å²) in [5.74, 6) is -2.91. The van der Waals surface area contributed by atoms with Gasteiger partial charge in [0, 0.05) is 12.0 Å². The Balaban J connectivity index is 2.29. The van der Waals surface area contributed by atoms with Crippen molar-refractivity contribution in [2.45, 2.75) is 19.8 Å². The van der Waals surface area contributed by atoms with Gasteiger partial charge in [0.2, 0.25) is 0 Å². The molecule has 2 aromatic carbocycles. The molecule has 22 heavy (non-hydrogen) atoms. The van der Waals surface area contributed by atoms with Gasteiger partial charge in [0.15, 0.2) is 5.78 Å². The fraction of sp³-hybridized carbons (Fsp3) is 0.235. The molecule has 0 aliphatic heterocycles. The van der Waals surface area contributed by atoms with Crippen LogP contribution in [-0.4, -0.2) is 27.9 Å². The third kappa shape index (κ3) is 3.31. The van der Waals surface area contributed by atoms with E-state index < -0.39 is 23.8 Å². The van der Waals surface area contributed by atoms with E-state index in [1.54, 1.807) is 18.2 Å². The summed E-state index contributed by atoms with van der Waals surface area (Å²) in [5.41, 5.74) is -1.23. The van der Waals surface area contributed by atoms with Crippen molar-refractivity contribution >= 4 is 28.5 Å². The molecule has 2 aromatic rings. The molecule has 0 aliphatic carbocycles. The second-order valence-electron chi connectivity index (χ2n) is 5.60. The molecule has 2 rings (SSSR count). The number of carbonyl (C=O) groups excluding carboxylic acids is 1. The maximum absolute atomic E-state index is 12.3. The summed E-state index contributed by atoms with van der Waals surface area (Å²) in [4.78, 5) is 34.5. The van der Waals surface area contributed by atoms with Crippen LogP contribution in [0.3, 0.4) is 0 Å². The lowest BCUT2D eigenvalue weighted by Crippen LogP contribution is -2.33. The number of rotatable bonds is 6. The molecule has 1 atom stereocenters. The van der Waals surface area contributed by atoms with Gasteiger partial charge in [0.05, 0.1) is 11.8 Å². The molecule has 5 nitrogen and oxygen atoms in total. The second kappa shape index (κ2) is 5.97. The molecule has 1 unspecified atom stereocenters. The van der Waals surface area contributed by atoms with E-state index in [-0.39, 0.29) is 12.2 Å². The summed E-state index contributed by atoms with van der Waals surface area (Å²) in [6.45, 7) is 1.28. The summed E-state index contributed by atoms with van der Waals surface area (Å²) < 4.78 is 0. The third-order valence-corrected chi connectivity index (χ3v) is 3.68. The molecule has 0 saturated heterocycles. The van der Waals surface area contributed by atoms with E-state index in [0.717, 1.165) is 10.8 Å². The molecule has 0 saturated carbocycles. The molecule has 114 valence electrons. The molecule has 0 radical (unpaired) electrons. The van der Waals surface area contributed by atoms with Crippen LogP contribution in [0.15, 0.2) is 42.5 Å². The van der Waals surface area contributed by atoms with Crippen LogP contribution in [0.1, 0.15) is 30.1 Å². The van der Waals surface area contributed by atoms with Gasteiger partial charge >= 0.3 is 11.9 Å². The first-order chi connectivity index (χ1) is 10.3. The number of Topliss-reactive ketones (excluding diaryl/α,β-unsaturated/α-hetero) is 1. The summed E-state index contributed by atoms with van der Waals surface area (Å²) in [6.07, 6.45) is -0.950. The zero-order valence-corrected chi connectivity index (χ0v) is 12.1. The van der Waals surface area contributed by atoms with Crippen LogP contribution in [0.2, 0.25) is 0 Å². The molecule has 0 aromatic heterocycles. The monoisotopic (exact) mass is 300 g/mol. The summed E-state index contributed by atoms with van der Waals surface area (Å²) in [6, 6.07) is 12.6. The van der Waals surface area contributed by atoms with Gasteiger partial charge in [-0.25, -0.2) is 0 Å². The number of ketones is 1. The van der Waals surface area contributed by atoms with E-state index in [1.807, 2.05) is 24.3 Å². The van der Waals surface area contributed by atoms with Gasteiger partial charge in [-0.3, -0.25) is 14.4 Å². The Hall–Kier alpha value is -2.69. The zero-order valence-electron chi connectivity index (χ0n) is 12.1. The largest absolute Gasteiger partial charge is 0.481 e. The van der Waals surface area contributed by atoms with Crippen molar-refractivity contribution < 1.29 is 24.6 Å². The van der Waals surface area contributed by atoms with E-state index >= 15 is 0 Å². The fourth-order valence-corrected chi connectivity index (χ4v) is 2.37. The lowest BCUT2D eigenvalue weighted by molar-refractivity contribution is -0.154. The van der Waals surface area contributed by atoms with Crippen molar-refractivity contribution in [3.63, 3.8) is 0 Å². The number of aliphatic carboxylic acids is 2. The summed E-state index contributed by atoms with van der Waals surface area (Å²) >= 11 is 0. The molecule has 2 N–H and O–H groups in total. The minimum atomic E-state index is -1.62. The minimum absolute atomic E-state index is 0.354. The smallest absolute Gasteiger partial charge is 0.310 e. The zero-order chi connectivity index (χ0) is 16.3. The minimum Gasteiger partial charge on any atom is -0.481 e. The Kier molecular flexibility index (Phi) is 4.26. The normalized spacial score (nSPS) is 13.5. The number of carbonyl (C=O) groups is 3. The number of carboxylic acid groups (broad SMARTS) is 2. The molecule has 0 bridgehead atoms. The Morgan fingerprint density at radius 3 is 2.18 bits per heavy atom. The van der Waals surface area contributed by atoms with Crippen molar-refractivity contribution in [2.24, 2.45) is 5.41 Å². The third-order valence-electron chi connectivity index (χ3n) is 3.68. The second-order valence-corrected chi connectivity index (χ2v) is 5.60. The summed E-state index contributed by atoms with van der Waals surface area (Å²) in [7, 11) is 0. The van der Waals surface area contributed by atoms with E-state index in [4.69, 9.17) is 5.11 Å². The van der Waals surface area contributed by atoms with Crippen LogP contribution < -0.4 is 0 Å². The van der Waals surface area contributed by atoms with Crippen LogP contribution in [0.25, 0.3) is 10.8 Å². The molecule has 0 heterocycles. The van der Waals surface area contributed by atoms with Gasteiger partial charge in [-0.2, -0.15) is 0 Å². The van der Waals surface area contributed by atoms with Crippen LogP contribution in [-0.2, 0) is 9.59 Å². The number of hydrogen-bond acceptors (Lipinski definition) is 3. The lowest BCUT2D eigenvalue weighted by atomic mass is 9.80. The van der Waals surface area contributed by atoms with E-state index in [2.05, 4.69) is 0 Å². The fourth-order valence-electron chi connectivity index (χ4n) is 2.37. The highest BCUT2D eigenvalue weighted by Gasteiger charge is 2.38. The lowest BCUT2D eigenvalue weighted by Gasteiger charge is -2.21. The first-order valence-corrected chi connectivity index (χ1v) is 6.79. The van der Waals surface area contributed by atoms with Crippen molar-refractivity contribution in [3.8, 4) is 0 Å². The Morgan fingerprint density at radius 2 is 1.59 bits per heavy atom. The van der Waals surface area contributed by atoms with Gasteiger partial charge in [-0.05, 0) is 23.8 Å². The van der Waals surface area contributed by atoms with Crippen molar-refractivity contribution in [3.05, 3.63) is 48.0 Å². The molecule has 5 heteroatoms. The van der Waals surface area contributed by atoms with E-state index in [0.29, 0.717) is 5.56 Å². The maximum atomic E-state index is 12.3. The predicted octanol–water partition coefficient (Wildman–Crippen LogP) is 2.98. The van der Waals surface area contributed by atoms with Crippen molar-refractivity contribution in [1.29, 1.82) is 0 Å². The quantitative estimate of drug-likeness (QED) is 0.800. The van der Waals surface area contributed by atoms with E-state index in [9.17, 15) is 19.5 Å². The standard InChI is InChI=1S/C17H16O5/c1-17(16(21)22,10-15(19)20)9-14(18)13-7-6-11-4-2-3-5-12(11)8-13/h2-8H,9-10H2,1H3,(H,19,20)(H,21,22). The molecular weight excluding hydrogens is 284 g/mol. The van der Waals surface area contributed by atoms with Crippen molar-refractivity contribution in [1.82, 2.24) is 0 Å². The topological polar surface area (TPSA) is 91.7 Å². The highest BCUT2D eigenvalue weighted by molar-refractivity contribution is 6.02. The van der Waals surface area contributed by atoms with Crippen LogP contribution >= 0.6 is 0 Å². The molecule has 0 amide bonds. The number of hydrogen-bond donors (Lipinski definition) is 2. The predicted molar refractivity (Wildman–Crippen MR) is 80.9 cm³/mol. The summed E-state index contributed by atoms with van der Waals surface area (Å²) in [5, 5.41) is 19.9. The Labute approximate surface area is 127 Å². The van der Waals surface area contributed by atoms with Gasteiger partial charge in [-0.15, -0.1) is 0 Å². The number of carboxylic acids is 2. The maximum Gasteiger partial charge on any atom is 0.310 e. The van der Waals surface area contributed by atoms with Gasteiger partial charge in [-0.1, -0.05) is 36.4 Å². The Bertz CT molecular complexity index is 750. The van der Waals surface area contributed by atoms with Gasteiger partial charge in [0.1, 0.15) is 0 Å². The van der Waals surface area contributed by atoms with Crippen molar-refractivity contribution in [2.75, 3.05) is 0 Å². The molecule has 0 spiro atoms. The van der Waals surface area contributed by atoms with E-state index in [1.165, 1.54) is 6.92 Å². The molecular formula is C17H16O5. The SMILES string of the molecule is CC(CC(=O)O)(CC(=O)c1ccc2ccccc2c1)C(=O)O. The van der Waals surface area contributed by atoms with Crippen LogP contribution in [0.4, 0.5) is 0 Å². The van der Waals surface area contributed by atoms with Crippen LogP contribution in [0.5, 0.6) is 0 Å². The first kappa shape index (κ1) is 15.7. The average Bonchev–Trinajstić information content (AvgIpc) is 2.45. The highest BCUT2D eigenvalue weighted by Crippen LogP contribution is 2.29.